The van der Waals surface area contributed by atoms with E-state index >= 15 is 0 Å². The third-order valence-electron chi connectivity index (χ3n) is 3.68. The monoisotopic (exact) mass is 373 g/mol. The lowest BCUT2D eigenvalue weighted by Crippen LogP contribution is -2.39. The van der Waals surface area contributed by atoms with Gasteiger partial charge in [0.25, 0.3) is 5.91 Å². The number of amides is 1. The van der Waals surface area contributed by atoms with Gasteiger partial charge in [0, 0.05) is 34.5 Å². The molecule has 1 amide bonds. The van der Waals surface area contributed by atoms with Crippen molar-refractivity contribution in [2.75, 3.05) is 17.8 Å². The molecule has 2 aromatic rings. The van der Waals surface area contributed by atoms with Crippen LogP contribution in [0.1, 0.15) is 29.8 Å². The first-order valence-corrected chi connectivity index (χ1v) is 10.0. The van der Waals surface area contributed by atoms with E-state index < -0.39 is 16.8 Å². The first-order valence-electron chi connectivity index (χ1n) is 8.31. The molecule has 0 radical (unpaired) electrons. The molecule has 0 spiro atoms. The molecule has 0 saturated heterocycles. The van der Waals surface area contributed by atoms with Crippen LogP contribution in [0, 0.1) is 0 Å². The zero-order valence-electron chi connectivity index (χ0n) is 15.2. The second-order valence-electron chi connectivity index (χ2n) is 6.19. The number of para-hydroxylation sites is 1. The Morgan fingerprint density at radius 2 is 1.77 bits per heavy atom. The van der Waals surface area contributed by atoms with Crippen LogP contribution in [-0.2, 0) is 26.1 Å². The molecule has 0 saturated carbocycles. The van der Waals surface area contributed by atoms with Crippen LogP contribution >= 0.6 is 0 Å². The van der Waals surface area contributed by atoms with Gasteiger partial charge in [-0.15, -0.1) is 0 Å². The van der Waals surface area contributed by atoms with Gasteiger partial charge in [-0.1, -0.05) is 30.3 Å². The van der Waals surface area contributed by atoms with E-state index in [1.165, 1.54) is 0 Å². The highest BCUT2D eigenvalue weighted by Gasteiger charge is 2.20. The van der Waals surface area contributed by atoms with Gasteiger partial charge in [-0.05, 0) is 43.7 Å². The van der Waals surface area contributed by atoms with Crippen molar-refractivity contribution in [1.29, 1.82) is 0 Å². The summed E-state index contributed by atoms with van der Waals surface area (Å²) in [7, 11) is -0.995. The van der Waals surface area contributed by atoms with Crippen molar-refractivity contribution in [2.45, 2.75) is 25.6 Å². The maximum absolute atomic E-state index is 12.5. The number of rotatable bonds is 7. The minimum absolute atomic E-state index is 0.0635. The van der Waals surface area contributed by atoms with Crippen molar-refractivity contribution in [3.63, 3.8) is 0 Å². The summed E-state index contributed by atoms with van der Waals surface area (Å²) in [6, 6.07) is 16.0. The van der Waals surface area contributed by atoms with Crippen LogP contribution in [0.25, 0.3) is 0 Å². The van der Waals surface area contributed by atoms with E-state index in [0.717, 1.165) is 11.3 Å². The van der Waals surface area contributed by atoms with Crippen molar-refractivity contribution >= 4 is 28.4 Å². The molecule has 0 fully saturated rings. The Bertz CT molecular complexity index is 789. The first kappa shape index (κ1) is 19.8. The minimum atomic E-state index is -0.995. The molecule has 0 aromatic heterocycles. The average Bonchev–Trinajstić information content (AvgIpc) is 2.60. The minimum Gasteiger partial charge on any atom is -0.452 e. The van der Waals surface area contributed by atoms with E-state index in [-0.39, 0.29) is 18.6 Å². The molecule has 0 heterocycles. The first-order chi connectivity index (χ1) is 12.4. The highest BCUT2D eigenvalue weighted by Crippen LogP contribution is 2.17. The molecular weight excluding hydrogens is 350 g/mol. The van der Waals surface area contributed by atoms with E-state index in [1.54, 1.807) is 35.4 Å². The lowest BCUT2D eigenvalue weighted by Gasteiger charge is -2.26. The number of nitrogens with zero attached hydrogens (tertiary/aromatic N) is 1. The second-order valence-corrected chi connectivity index (χ2v) is 7.62. The predicted octanol–water partition coefficient (Wildman–Crippen LogP) is 3.16. The van der Waals surface area contributed by atoms with Crippen LogP contribution in [0.2, 0.25) is 0 Å². The van der Waals surface area contributed by atoms with Crippen molar-refractivity contribution < 1.29 is 18.5 Å². The quantitative estimate of drug-likeness (QED) is 0.700. The molecule has 26 heavy (non-hydrogen) atoms. The Balaban J connectivity index is 2.04. The van der Waals surface area contributed by atoms with Crippen LogP contribution in [0.5, 0.6) is 0 Å². The van der Waals surface area contributed by atoms with Gasteiger partial charge in [-0.3, -0.25) is 9.00 Å². The number of hydrogen-bond acceptors (Lipinski definition) is 4. The van der Waals surface area contributed by atoms with Gasteiger partial charge in [0.05, 0.1) is 5.56 Å². The molecule has 0 aliphatic rings. The third kappa shape index (κ3) is 5.52. The Morgan fingerprint density at radius 3 is 2.38 bits per heavy atom. The summed E-state index contributed by atoms with van der Waals surface area (Å²) in [5.41, 5.74) is 1.90. The Hall–Kier alpha value is -2.47. The maximum Gasteiger partial charge on any atom is 0.338 e. The van der Waals surface area contributed by atoms with Crippen molar-refractivity contribution in [3.05, 3.63) is 65.7 Å². The van der Waals surface area contributed by atoms with Crippen molar-refractivity contribution in [2.24, 2.45) is 0 Å². The maximum atomic E-state index is 12.5. The normalized spacial score (nSPS) is 11.8. The fraction of sp³-hybridized carbons (Fsp3) is 0.300. The van der Waals surface area contributed by atoms with Crippen LogP contribution in [0.4, 0.5) is 5.69 Å². The molecule has 2 rings (SSSR count). The van der Waals surface area contributed by atoms with E-state index in [2.05, 4.69) is 0 Å². The number of esters is 1. The largest absolute Gasteiger partial charge is 0.452 e. The van der Waals surface area contributed by atoms with Gasteiger partial charge in [0.15, 0.2) is 6.61 Å². The predicted molar refractivity (Wildman–Crippen MR) is 104 cm³/mol. The molecule has 5 nitrogen and oxygen atoms in total. The standard InChI is InChI=1S/C20H23NO4S/c1-15(2)21(18-10-5-4-6-11-18)19(22)13-25-20(23)17-9-7-8-16(12-17)14-26(3)24/h4-12,15H,13-14H2,1-3H3. The summed E-state index contributed by atoms with van der Waals surface area (Å²) < 4.78 is 16.5. The number of hydrogen-bond donors (Lipinski definition) is 0. The number of ether oxygens (including phenoxy) is 1. The molecule has 0 bridgehead atoms. The Labute approximate surface area is 156 Å². The van der Waals surface area contributed by atoms with E-state index in [1.807, 2.05) is 44.2 Å². The van der Waals surface area contributed by atoms with E-state index in [9.17, 15) is 13.8 Å². The van der Waals surface area contributed by atoms with Crippen LogP contribution in [-0.4, -0.2) is 35.0 Å². The third-order valence-corrected chi connectivity index (χ3v) is 4.42. The van der Waals surface area contributed by atoms with Crippen molar-refractivity contribution in [1.82, 2.24) is 0 Å². The second kappa shape index (κ2) is 9.29. The highest BCUT2D eigenvalue weighted by atomic mass is 32.2. The van der Waals surface area contributed by atoms with Gasteiger partial charge in [-0.25, -0.2) is 4.79 Å². The smallest absolute Gasteiger partial charge is 0.338 e. The van der Waals surface area contributed by atoms with Crippen molar-refractivity contribution in [3.8, 4) is 0 Å². The van der Waals surface area contributed by atoms with Crippen LogP contribution < -0.4 is 4.90 Å². The summed E-state index contributed by atoms with van der Waals surface area (Å²) in [6.07, 6.45) is 1.60. The zero-order chi connectivity index (χ0) is 19.1. The van der Waals surface area contributed by atoms with Gasteiger partial charge < -0.3 is 9.64 Å². The number of carbonyl (C=O) groups excluding carboxylic acids is 2. The average molecular weight is 373 g/mol. The lowest BCUT2D eigenvalue weighted by molar-refractivity contribution is -0.122. The Morgan fingerprint density at radius 1 is 1.08 bits per heavy atom. The summed E-state index contributed by atoms with van der Waals surface area (Å²) in [4.78, 5) is 26.4. The van der Waals surface area contributed by atoms with E-state index in [0.29, 0.717) is 11.3 Å². The molecule has 0 aliphatic heterocycles. The lowest BCUT2D eigenvalue weighted by atomic mass is 10.1. The highest BCUT2D eigenvalue weighted by molar-refractivity contribution is 7.83. The molecule has 1 atom stereocenters. The van der Waals surface area contributed by atoms with Crippen LogP contribution in [0.3, 0.4) is 0 Å². The SMILES string of the molecule is CC(C)N(C(=O)COC(=O)c1cccc(CS(C)=O)c1)c1ccccc1. The van der Waals surface area contributed by atoms with Gasteiger partial charge >= 0.3 is 5.97 Å². The molecule has 2 aromatic carbocycles. The van der Waals surface area contributed by atoms with Gasteiger partial charge in [-0.2, -0.15) is 0 Å². The van der Waals surface area contributed by atoms with Gasteiger partial charge in [0.1, 0.15) is 0 Å². The molecule has 1 unspecified atom stereocenters. The fourth-order valence-electron chi connectivity index (χ4n) is 2.62. The zero-order valence-corrected chi connectivity index (χ0v) is 16.0. The molecule has 6 heteroatoms. The summed E-state index contributed by atoms with van der Waals surface area (Å²) in [5.74, 6) is -0.487. The Kier molecular flexibility index (Phi) is 7.09. The number of anilines is 1. The molecule has 0 aliphatic carbocycles. The summed E-state index contributed by atoms with van der Waals surface area (Å²) in [5, 5.41) is 0. The molecular formula is C20H23NO4S. The van der Waals surface area contributed by atoms with E-state index in [4.69, 9.17) is 4.74 Å². The summed E-state index contributed by atoms with van der Waals surface area (Å²) >= 11 is 0. The fourth-order valence-corrected chi connectivity index (χ4v) is 3.27. The molecule has 0 N–H and O–H groups in total. The topological polar surface area (TPSA) is 63.7 Å². The molecule has 138 valence electrons. The van der Waals surface area contributed by atoms with Crippen LogP contribution in [0.15, 0.2) is 54.6 Å². The van der Waals surface area contributed by atoms with Gasteiger partial charge in [0.2, 0.25) is 0 Å². The number of carbonyl (C=O) groups is 2. The number of benzene rings is 2. The summed E-state index contributed by atoms with van der Waals surface area (Å²) in [6.45, 7) is 3.47.